The van der Waals surface area contributed by atoms with Crippen LogP contribution in [0.5, 0.6) is 0 Å². The van der Waals surface area contributed by atoms with E-state index in [4.69, 9.17) is 5.73 Å². The molecule has 36 heavy (non-hydrogen) atoms. The summed E-state index contributed by atoms with van der Waals surface area (Å²) in [6.07, 6.45) is 0.486. The van der Waals surface area contributed by atoms with E-state index in [0.717, 1.165) is 28.6 Å². The van der Waals surface area contributed by atoms with Crippen molar-refractivity contribution in [3.63, 3.8) is 0 Å². The summed E-state index contributed by atoms with van der Waals surface area (Å²) < 4.78 is 0. The molecule has 4 rings (SSSR count). The number of rotatable bonds is 7. The molecule has 0 aliphatic heterocycles. The van der Waals surface area contributed by atoms with Crippen molar-refractivity contribution in [2.24, 2.45) is 0 Å². The molecule has 0 radical (unpaired) electrons. The van der Waals surface area contributed by atoms with Gasteiger partial charge in [0.2, 0.25) is 5.91 Å². The highest BCUT2D eigenvalue weighted by Gasteiger charge is 2.26. The molecule has 0 aliphatic rings. The summed E-state index contributed by atoms with van der Waals surface area (Å²) in [5.74, 6) is -0.223. The van der Waals surface area contributed by atoms with Gasteiger partial charge in [-0.15, -0.1) is 11.3 Å². The number of nitrogens with zero attached hydrogens (tertiary/aromatic N) is 4. The monoisotopic (exact) mass is 510 g/mol. The standard InChI is InChI=1S/C27H22N6OS2/c1-3-22(25(34)33-27-31-21(15-35-27)17-7-5-4-6-8-17)36-26-20(14-29)23(19(13-28)24(30)32-26)18-11-9-16(2)10-12-18/h4-12,15,22H,3H2,1-2H3,(H2,30,32)(H,31,33,34). The molecule has 0 saturated heterocycles. The van der Waals surface area contributed by atoms with Crippen molar-refractivity contribution in [2.45, 2.75) is 30.5 Å². The lowest BCUT2D eigenvalue weighted by Gasteiger charge is -2.17. The Bertz CT molecular complexity index is 1480. The van der Waals surface area contributed by atoms with Crippen molar-refractivity contribution in [1.29, 1.82) is 10.5 Å². The molecule has 0 aliphatic carbocycles. The quantitative estimate of drug-likeness (QED) is 0.291. The molecular weight excluding hydrogens is 488 g/mol. The van der Waals surface area contributed by atoms with Crippen LogP contribution in [-0.2, 0) is 4.79 Å². The molecule has 178 valence electrons. The number of pyridine rings is 1. The first-order chi connectivity index (χ1) is 17.4. The number of nitrogens with one attached hydrogen (secondary N) is 1. The van der Waals surface area contributed by atoms with E-state index >= 15 is 0 Å². The Kier molecular flexibility index (Phi) is 7.65. The third kappa shape index (κ3) is 5.23. The van der Waals surface area contributed by atoms with Gasteiger partial charge in [-0.1, -0.05) is 78.8 Å². The predicted molar refractivity (Wildman–Crippen MR) is 144 cm³/mol. The predicted octanol–water partition coefficient (Wildman–Crippen LogP) is 6.02. The summed E-state index contributed by atoms with van der Waals surface area (Å²) >= 11 is 2.50. The van der Waals surface area contributed by atoms with Crippen LogP contribution in [0.2, 0.25) is 0 Å². The zero-order chi connectivity index (χ0) is 25.7. The SMILES string of the molecule is CCC(Sc1nc(N)c(C#N)c(-c2ccc(C)cc2)c1C#N)C(=O)Nc1nc(-c2ccccc2)cs1. The van der Waals surface area contributed by atoms with Gasteiger partial charge in [0, 0.05) is 16.5 Å². The number of benzene rings is 2. The molecule has 3 N–H and O–H groups in total. The minimum absolute atomic E-state index is 0.0252. The van der Waals surface area contributed by atoms with Gasteiger partial charge in [0.05, 0.1) is 16.5 Å². The van der Waals surface area contributed by atoms with Crippen molar-refractivity contribution in [3.05, 3.63) is 76.7 Å². The van der Waals surface area contributed by atoms with Crippen LogP contribution in [0.3, 0.4) is 0 Å². The summed E-state index contributed by atoms with van der Waals surface area (Å²) in [6, 6.07) is 21.5. The molecular formula is C27H22N6OS2. The van der Waals surface area contributed by atoms with Gasteiger partial charge < -0.3 is 11.1 Å². The number of nitriles is 2. The maximum atomic E-state index is 13.1. The van der Waals surface area contributed by atoms with Crippen LogP contribution in [0.1, 0.15) is 30.0 Å². The molecule has 4 aromatic rings. The molecule has 1 atom stereocenters. The van der Waals surface area contributed by atoms with Crippen LogP contribution < -0.4 is 11.1 Å². The third-order valence-electron chi connectivity index (χ3n) is 5.48. The number of hydrogen-bond donors (Lipinski definition) is 2. The lowest BCUT2D eigenvalue weighted by Crippen LogP contribution is -2.25. The number of anilines is 2. The number of amides is 1. The largest absolute Gasteiger partial charge is 0.383 e. The van der Waals surface area contributed by atoms with Gasteiger partial charge in [-0.25, -0.2) is 9.97 Å². The summed E-state index contributed by atoms with van der Waals surface area (Å²) in [5.41, 5.74) is 10.4. The molecule has 0 saturated carbocycles. The molecule has 0 fully saturated rings. The molecule has 9 heteroatoms. The number of thioether (sulfide) groups is 1. The van der Waals surface area contributed by atoms with Crippen LogP contribution in [0, 0.1) is 29.6 Å². The zero-order valence-electron chi connectivity index (χ0n) is 19.6. The first kappa shape index (κ1) is 24.9. The van der Waals surface area contributed by atoms with Crippen molar-refractivity contribution >= 4 is 40.0 Å². The lowest BCUT2D eigenvalue weighted by molar-refractivity contribution is -0.115. The highest BCUT2D eigenvalue weighted by Crippen LogP contribution is 2.38. The Balaban J connectivity index is 1.63. The van der Waals surface area contributed by atoms with Gasteiger partial charge in [0.15, 0.2) is 5.13 Å². The van der Waals surface area contributed by atoms with Gasteiger partial charge in [0.25, 0.3) is 0 Å². The second kappa shape index (κ2) is 11.0. The fourth-order valence-electron chi connectivity index (χ4n) is 3.61. The highest BCUT2D eigenvalue weighted by atomic mass is 32.2. The first-order valence-electron chi connectivity index (χ1n) is 11.1. The summed E-state index contributed by atoms with van der Waals surface area (Å²) in [4.78, 5) is 22.0. The van der Waals surface area contributed by atoms with Crippen molar-refractivity contribution in [1.82, 2.24) is 9.97 Å². The number of nitrogens with two attached hydrogens (primary N) is 1. The first-order valence-corrected chi connectivity index (χ1v) is 12.9. The van der Waals surface area contributed by atoms with Crippen molar-refractivity contribution in [3.8, 4) is 34.5 Å². The molecule has 0 spiro atoms. The fourth-order valence-corrected chi connectivity index (χ4v) is 5.35. The Morgan fingerprint density at radius 1 is 1.06 bits per heavy atom. The number of nitrogen functional groups attached to an aromatic ring is 1. The summed E-state index contributed by atoms with van der Waals surface area (Å²) in [6.45, 7) is 3.84. The fraction of sp³-hybridized carbons (Fsp3) is 0.148. The van der Waals surface area contributed by atoms with E-state index in [0.29, 0.717) is 27.7 Å². The van der Waals surface area contributed by atoms with Crippen LogP contribution in [-0.4, -0.2) is 21.1 Å². The third-order valence-corrected chi connectivity index (χ3v) is 7.59. The van der Waals surface area contributed by atoms with E-state index in [2.05, 4.69) is 27.4 Å². The van der Waals surface area contributed by atoms with Crippen molar-refractivity contribution in [2.75, 3.05) is 11.1 Å². The van der Waals surface area contributed by atoms with Gasteiger partial charge in [0.1, 0.15) is 28.5 Å². The Hall–Kier alpha value is -4.18. The van der Waals surface area contributed by atoms with Crippen LogP contribution in [0.4, 0.5) is 10.9 Å². The number of aromatic nitrogens is 2. The van der Waals surface area contributed by atoms with E-state index in [1.165, 1.54) is 11.3 Å². The topological polar surface area (TPSA) is 128 Å². The number of aryl methyl sites for hydroxylation is 1. The highest BCUT2D eigenvalue weighted by molar-refractivity contribution is 8.00. The Morgan fingerprint density at radius 2 is 1.75 bits per heavy atom. The number of carbonyl (C=O) groups is 1. The molecule has 2 aromatic carbocycles. The zero-order valence-corrected chi connectivity index (χ0v) is 21.3. The average Bonchev–Trinajstić information content (AvgIpc) is 3.36. The Morgan fingerprint density at radius 3 is 2.39 bits per heavy atom. The molecule has 2 heterocycles. The second-order valence-electron chi connectivity index (χ2n) is 7.92. The number of thiazole rings is 1. The van der Waals surface area contributed by atoms with E-state index in [-0.39, 0.29) is 22.9 Å². The van der Waals surface area contributed by atoms with Crippen molar-refractivity contribution < 1.29 is 4.79 Å². The van der Waals surface area contributed by atoms with E-state index in [1.807, 2.05) is 73.8 Å². The molecule has 1 amide bonds. The van der Waals surface area contributed by atoms with E-state index in [9.17, 15) is 15.3 Å². The minimum Gasteiger partial charge on any atom is -0.383 e. The van der Waals surface area contributed by atoms with Crippen LogP contribution >= 0.6 is 23.1 Å². The van der Waals surface area contributed by atoms with Gasteiger partial charge in [-0.2, -0.15) is 10.5 Å². The smallest absolute Gasteiger partial charge is 0.239 e. The molecule has 1 unspecified atom stereocenters. The van der Waals surface area contributed by atoms with Gasteiger partial charge in [-0.3, -0.25) is 4.79 Å². The molecule has 7 nitrogen and oxygen atoms in total. The molecule has 0 bridgehead atoms. The van der Waals surface area contributed by atoms with Gasteiger partial charge >= 0.3 is 0 Å². The number of hydrogen-bond acceptors (Lipinski definition) is 8. The maximum absolute atomic E-state index is 13.1. The van der Waals surface area contributed by atoms with Crippen LogP contribution in [0.15, 0.2) is 65.0 Å². The lowest BCUT2D eigenvalue weighted by atomic mass is 9.96. The van der Waals surface area contributed by atoms with E-state index < -0.39 is 5.25 Å². The molecule has 2 aromatic heterocycles. The summed E-state index contributed by atoms with van der Waals surface area (Å²) in [7, 11) is 0. The Labute approximate surface area is 217 Å². The second-order valence-corrected chi connectivity index (χ2v) is 9.97. The minimum atomic E-state index is -0.549. The number of carbonyl (C=O) groups excluding carboxylic acids is 1. The van der Waals surface area contributed by atoms with Gasteiger partial charge in [-0.05, 0) is 18.9 Å². The normalized spacial score (nSPS) is 11.3. The average molecular weight is 511 g/mol. The maximum Gasteiger partial charge on any atom is 0.239 e. The van der Waals surface area contributed by atoms with E-state index in [1.54, 1.807) is 0 Å². The summed E-state index contributed by atoms with van der Waals surface area (Å²) in [5, 5.41) is 24.8. The van der Waals surface area contributed by atoms with Crippen LogP contribution in [0.25, 0.3) is 22.4 Å².